The zero-order valence-electron chi connectivity index (χ0n) is 14.1. The number of hydrogen-bond acceptors (Lipinski definition) is 4. The number of hydrogen-bond donors (Lipinski definition) is 0. The summed E-state index contributed by atoms with van der Waals surface area (Å²) in [5.41, 5.74) is 0.721. The van der Waals surface area contributed by atoms with Crippen LogP contribution in [0.5, 0.6) is 0 Å². The van der Waals surface area contributed by atoms with Gasteiger partial charge in [0, 0.05) is 50.4 Å². The molecule has 1 aromatic carbocycles. The second-order valence-electron chi connectivity index (χ2n) is 6.57. The van der Waals surface area contributed by atoms with Crippen LogP contribution < -0.4 is 0 Å². The van der Waals surface area contributed by atoms with Crippen molar-refractivity contribution in [2.45, 2.75) is 32.1 Å². The highest BCUT2D eigenvalue weighted by molar-refractivity contribution is 6.02. The third-order valence-corrected chi connectivity index (χ3v) is 4.98. The van der Waals surface area contributed by atoms with Crippen LogP contribution in [-0.4, -0.2) is 52.9 Å². The molecular formula is C19H22N2O4. The Hall–Kier alpha value is -2.50. The molecule has 0 bridgehead atoms. The smallest absolute Gasteiger partial charge is 0.229 e. The normalized spacial score (nSPS) is 18.7. The summed E-state index contributed by atoms with van der Waals surface area (Å²) in [5, 5.41) is 0. The van der Waals surface area contributed by atoms with Crippen molar-refractivity contribution in [3.8, 4) is 0 Å². The van der Waals surface area contributed by atoms with Crippen LogP contribution in [0.25, 0.3) is 0 Å². The van der Waals surface area contributed by atoms with Gasteiger partial charge in [0.25, 0.3) is 0 Å². The van der Waals surface area contributed by atoms with Crippen molar-refractivity contribution in [2.75, 3.05) is 19.6 Å². The molecule has 2 saturated heterocycles. The molecule has 1 aromatic rings. The number of carbonyl (C=O) groups is 4. The maximum atomic E-state index is 12.5. The first-order chi connectivity index (χ1) is 12.1. The summed E-state index contributed by atoms with van der Waals surface area (Å²) >= 11 is 0. The molecule has 3 rings (SSSR count). The topological polar surface area (TPSA) is 74.8 Å². The van der Waals surface area contributed by atoms with Crippen LogP contribution in [0.1, 0.15) is 42.5 Å². The van der Waals surface area contributed by atoms with Gasteiger partial charge >= 0.3 is 0 Å². The predicted octanol–water partition coefficient (Wildman–Crippen LogP) is 1.65. The number of nitrogens with zero attached hydrogens (tertiary/aromatic N) is 2. The van der Waals surface area contributed by atoms with E-state index in [2.05, 4.69) is 0 Å². The van der Waals surface area contributed by atoms with Crippen molar-refractivity contribution in [3.63, 3.8) is 0 Å². The van der Waals surface area contributed by atoms with Crippen molar-refractivity contribution in [2.24, 2.45) is 5.92 Å². The Morgan fingerprint density at radius 2 is 1.56 bits per heavy atom. The summed E-state index contributed by atoms with van der Waals surface area (Å²) in [7, 11) is 0. The number of imide groups is 1. The number of piperidine rings is 1. The maximum Gasteiger partial charge on any atom is 0.229 e. The minimum atomic E-state index is -0.190. The average Bonchev–Trinajstić information content (AvgIpc) is 2.98. The summed E-state index contributed by atoms with van der Waals surface area (Å²) < 4.78 is 0. The van der Waals surface area contributed by atoms with E-state index in [1.807, 2.05) is 30.3 Å². The molecule has 2 aliphatic rings. The van der Waals surface area contributed by atoms with Gasteiger partial charge in [-0.1, -0.05) is 30.3 Å². The minimum absolute atomic E-state index is 0.0480. The fourth-order valence-electron chi connectivity index (χ4n) is 3.47. The van der Waals surface area contributed by atoms with Gasteiger partial charge in [-0.15, -0.1) is 0 Å². The molecule has 2 aliphatic heterocycles. The van der Waals surface area contributed by atoms with Crippen LogP contribution in [-0.2, 0) is 14.4 Å². The van der Waals surface area contributed by atoms with Crippen LogP contribution in [0.2, 0.25) is 0 Å². The first kappa shape index (κ1) is 17.3. The molecule has 2 fully saturated rings. The number of likely N-dealkylation sites (tertiary alicyclic amines) is 2. The largest absolute Gasteiger partial charge is 0.343 e. The number of benzene rings is 1. The first-order valence-corrected chi connectivity index (χ1v) is 8.76. The van der Waals surface area contributed by atoms with Crippen molar-refractivity contribution in [1.82, 2.24) is 9.80 Å². The highest BCUT2D eigenvalue weighted by Crippen LogP contribution is 2.22. The van der Waals surface area contributed by atoms with E-state index in [0.29, 0.717) is 25.9 Å². The number of rotatable bonds is 5. The summed E-state index contributed by atoms with van der Waals surface area (Å²) in [6.07, 6.45) is 1.97. The van der Waals surface area contributed by atoms with Crippen LogP contribution in [0, 0.1) is 5.92 Å². The van der Waals surface area contributed by atoms with Gasteiger partial charge in [0.05, 0.1) is 0 Å². The lowest BCUT2D eigenvalue weighted by atomic mass is 9.89. The van der Waals surface area contributed by atoms with E-state index in [4.69, 9.17) is 0 Å². The third-order valence-electron chi connectivity index (χ3n) is 4.98. The molecule has 6 heteroatoms. The molecule has 3 amide bonds. The Balaban J connectivity index is 1.47. The highest BCUT2D eigenvalue weighted by atomic mass is 16.2. The molecule has 0 radical (unpaired) electrons. The Labute approximate surface area is 146 Å². The van der Waals surface area contributed by atoms with Crippen molar-refractivity contribution in [1.29, 1.82) is 0 Å². The molecule has 132 valence electrons. The summed E-state index contributed by atoms with van der Waals surface area (Å²) in [4.78, 5) is 50.8. The van der Waals surface area contributed by atoms with E-state index in [9.17, 15) is 19.2 Å². The minimum Gasteiger partial charge on any atom is -0.343 e. The molecule has 0 aromatic heterocycles. The second-order valence-corrected chi connectivity index (χ2v) is 6.57. The molecule has 25 heavy (non-hydrogen) atoms. The van der Waals surface area contributed by atoms with Crippen molar-refractivity contribution >= 4 is 23.5 Å². The SMILES string of the molecule is O=C(c1ccccc1)C1CCN(C(=O)CCN2C(=O)CCC2=O)CC1. The van der Waals surface area contributed by atoms with Crippen LogP contribution in [0.15, 0.2) is 30.3 Å². The van der Waals surface area contributed by atoms with E-state index in [1.165, 1.54) is 4.90 Å². The standard InChI is InChI=1S/C19H22N2O4/c22-16(10-13-21-17(23)6-7-18(21)24)20-11-8-15(9-12-20)19(25)14-4-2-1-3-5-14/h1-5,15H,6-13H2. The van der Waals surface area contributed by atoms with E-state index in [-0.39, 0.29) is 55.2 Å². The lowest BCUT2D eigenvalue weighted by molar-refractivity contribution is -0.139. The van der Waals surface area contributed by atoms with Crippen LogP contribution in [0.3, 0.4) is 0 Å². The van der Waals surface area contributed by atoms with Crippen LogP contribution >= 0.6 is 0 Å². The number of ketones is 1. The molecule has 0 unspecified atom stereocenters. The second kappa shape index (κ2) is 7.59. The predicted molar refractivity (Wildman–Crippen MR) is 90.6 cm³/mol. The van der Waals surface area contributed by atoms with Crippen molar-refractivity contribution < 1.29 is 19.2 Å². The molecule has 0 aliphatic carbocycles. The Morgan fingerprint density at radius 1 is 0.960 bits per heavy atom. The zero-order valence-corrected chi connectivity index (χ0v) is 14.1. The molecule has 6 nitrogen and oxygen atoms in total. The van der Waals surface area contributed by atoms with Gasteiger partial charge in [-0.25, -0.2) is 0 Å². The number of carbonyl (C=O) groups excluding carboxylic acids is 4. The van der Waals surface area contributed by atoms with Gasteiger partial charge in [-0.05, 0) is 12.8 Å². The molecular weight excluding hydrogens is 320 g/mol. The van der Waals surface area contributed by atoms with E-state index >= 15 is 0 Å². The Bertz CT molecular complexity index is 662. The van der Waals surface area contributed by atoms with Gasteiger partial charge in [0.1, 0.15) is 0 Å². The monoisotopic (exact) mass is 342 g/mol. The Morgan fingerprint density at radius 3 is 2.16 bits per heavy atom. The molecule has 0 N–H and O–H groups in total. The highest BCUT2D eigenvalue weighted by Gasteiger charge is 2.31. The maximum absolute atomic E-state index is 12.5. The molecule has 0 saturated carbocycles. The number of Topliss-reactive ketones (excluding diaryl/α,β-unsaturated/α-hetero) is 1. The molecule has 0 spiro atoms. The van der Waals surface area contributed by atoms with E-state index in [0.717, 1.165) is 5.56 Å². The van der Waals surface area contributed by atoms with E-state index in [1.54, 1.807) is 4.90 Å². The summed E-state index contributed by atoms with van der Waals surface area (Å²) in [5.74, 6) is -0.345. The fourth-order valence-corrected chi connectivity index (χ4v) is 3.47. The van der Waals surface area contributed by atoms with Gasteiger partial charge in [-0.2, -0.15) is 0 Å². The summed E-state index contributed by atoms with van der Waals surface area (Å²) in [6, 6.07) is 9.24. The van der Waals surface area contributed by atoms with Crippen molar-refractivity contribution in [3.05, 3.63) is 35.9 Å². The third kappa shape index (κ3) is 3.95. The quantitative estimate of drug-likeness (QED) is 0.602. The molecule has 0 atom stereocenters. The van der Waals surface area contributed by atoms with Gasteiger partial charge in [0.2, 0.25) is 17.7 Å². The zero-order chi connectivity index (χ0) is 17.8. The molecule has 2 heterocycles. The first-order valence-electron chi connectivity index (χ1n) is 8.76. The van der Waals surface area contributed by atoms with E-state index < -0.39 is 0 Å². The van der Waals surface area contributed by atoms with Gasteiger partial charge < -0.3 is 4.90 Å². The van der Waals surface area contributed by atoms with Crippen LogP contribution in [0.4, 0.5) is 0 Å². The lowest BCUT2D eigenvalue weighted by Gasteiger charge is -2.31. The lowest BCUT2D eigenvalue weighted by Crippen LogP contribution is -2.42. The summed E-state index contributed by atoms with van der Waals surface area (Å²) in [6.45, 7) is 1.26. The number of amides is 3. The Kier molecular flexibility index (Phi) is 5.26. The average molecular weight is 342 g/mol. The van der Waals surface area contributed by atoms with Gasteiger partial charge in [-0.3, -0.25) is 24.1 Å². The van der Waals surface area contributed by atoms with Gasteiger partial charge in [0.15, 0.2) is 5.78 Å². The fraction of sp³-hybridized carbons (Fsp3) is 0.474.